The summed E-state index contributed by atoms with van der Waals surface area (Å²) >= 11 is 1.24. The lowest BCUT2D eigenvalue weighted by atomic mass is 10.0. The predicted molar refractivity (Wildman–Crippen MR) is 110 cm³/mol. The van der Waals surface area contributed by atoms with Crippen molar-refractivity contribution in [3.63, 3.8) is 0 Å². The Balaban J connectivity index is 1.78. The second-order valence-corrected chi connectivity index (χ2v) is 7.18. The van der Waals surface area contributed by atoms with Gasteiger partial charge in [0.1, 0.15) is 11.1 Å². The molecule has 0 amide bonds. The number of aromatic nitrogens is 1. The number of nitrogens with zero attached hydrogens (tertiary/aromatic N) is 2. The van der Waals surface area contributed by atoms with Gasteiger partial charge in [0.15, 0.2) is 0 Å². The van der Waals surface area contributed by atoms with Crippen molar-refractivity contribution in [2.75, 3.05) is 0 Å². The highest BCUT2D eigenvalue weighted by molar-refractivity contribution is 7.11. The molecule has 0 fully saturated rings. The molecule has 0 saturated heterocycles. The Labute approximate surface area is 169 Å². The largest absolute Gasteiger partial charge is 0.416 e. The van der Waals surface area contributed by atoms with Crippen molar-refractivity contribution < 1.29 is 13.2 Å². The standard InChI is InChI=1S/C23H13F3N2S/c24-23(25,26)20-11-4-2-7-16(20)12-17(13-27)22-28-21(14-29-22)19-10-5-8-15-6-1-3-9-18(15)19/h1-12,14H. The van der Waals surface area contributed by atoms with Gasteiger partial charge in [0.05, 0.1) is 16.8 Å². The van der Waals surface area contributed by atoms with Gasteiger partial charge in [-0.05, 0) is 28.5 Å². The Hall–Kier alpha value is -3.43. The van der Waals surface area contributed by atoms with Crippen LogP contribution < -0.4 is 0 Å². The Bertz CT molecular complexity index is 1260. The fourth-order valence-corrected chi connectivity index (χ4v) is 3.93. The molecular formula is C23H13F3N2S. The number of thiazole rings is 1. The molecule has 29 heavy (non-hydrogen) atoms. The van der Waals surface area contributed by atoms with Crippen LogP contribution in [0, 0.1) is 11.3 Å². The maximum absolute atomic E-state index is 13.3. The number of hydrogen-bond donors (Lipinski definition) is 0. The number of alkyl halides is 3. The van der Waals surface area contributed by atoms with E-state index in [1.807, 2.05) is 53.9 Å². The molecule has 0 aliphatic carbocycles. The first-order valence-corrected chi connectivity index (χ1v) is 9.57. The lowest BCUT2D eigenvalue weighted by Gasteiger charge is -2.09. The Morgan fingerprint density at radius 2 is 1.69 bits per heavy atom. The monoisotopic (exact) mass is 406 g/mol. The van der Waals surface area contributed by atoms with Crippen LogP contribution in [0.4, 0.5) is 13.2 Å². The van der Waals surface area contributed by atoms with Crippen LogP contribution in [0.15, 0.2) is 72.1 Å². The average molecular weight is 406 g/mol. The first-order chi connectivity index (χ1) is 14.0. The number of fused-ring (bicyclic) bond motifs is 1. The zero-order valence-electron chi connectivity index (χ0n) is 14.9. The third kappa shape index (κ3) is 3.78. The van der Waals surface area contributed by atoms with Gasteiger partial charge in [-0.2, -0.15) is 18.4 Å². The highest BCUT2D eigenvalue weighted by Crippen LogP contribution is 2.35. The van der Waals surface area contributed by atoms with Gasteiger partial charge in [0.25, 0.3) is 0 Å². The van der Waals surface area contributed by atoms with Gasteiger partial charge in [-0.1, -0.05) is 60.7 Å². The van der Waals surface area contributed by atoms with Crippen LogP contribution in [0.3, 0.4) is 0 Å². The van der Waals surface area contributed by atoms with E-state index in [1.54, 1.807) is 0 Å². The molecule has 2 nitrogen and oxygen atoms in total. The van der Waals surface area contributed by atoms with Crippen LogP contribution in [-0.4, -0.2) is 4.98 Å². The van der Waals surface area contributed by atoms with Crippen molar-refractivity contribution in [2.45, 2.75) is 6.18 Å². The normalized spacial score (nSPS) is 12.1. The summed E-state index contributed by atoms with van der Waals surface area (Å²) in [5.74, 6) is 0. The lowest BCUT2D eigenvalue weighted by Crippen LogP contribution is -2.07. The molecule has 1 aromatic heterocycles. The van der Waals surface area contributed by atoms with E-state index in [0.717, 1.165) is 22.4 Å². The van der Waals surface area contributed by atoms with E-state index in [2.05, 4.69) is 4.98 Å². The minimum Gasteiger partial charge on any atom is -0.235 e. The lowest BCUT2D eigenvalue weighted by molar-refractivity contribution is -0.137. The second-order valence-electron chi connectivity index (χ2n) is 6.32. The van der Waals surface area contributed by atoms with E-state index in [1.165, 1.54) is 35.6 Å². The van der Waals surface area contributed by atoms with Crippen molar-refractivity contribution in [1.29, 1.82) is 5.26 Å². The van der Waals surface area contributed by atoms with Gasteiger partial charge < -0.3 is 0 Å². The summed E-state index contributed by atoms with van der Waals surface area (Å²) in [4.78, 5) is 4.54. The van der Waals surface area contributed by atoms with Crippen LogP contribution in [0.5, 0.6) is 0 Å². The number of allylic oxidation sites excluding steroid dienone is 1. The van der Waals surface area contributed by atoms with Crippen molar-refractivity contribution in [2.24, 2.45) is 0 Å². The van der Waals surface area contributed by atoms with Crippen LogP contribution in [0.25, 0.3) is 33.7 Å². The van der Waals surface area contributed by atoms with E-state index < -0.39 is 11.7 Å². The molecule has 4 rings (SSSR count). The van der Waals surface area contributed by atoms with Gasteiger partial charge in [-0.15, -0.1) is 11.3 Å². The van der Waals surface area contributed by atoms with Crippen LogP contribution >= 0.6 is 11.3 Å². The fraction of sp³-hybridized carbons (Fsp3) is 0.0435. The highest BCUT2D eigenvalue weighted by Gasteiger charge is 2.32. The van der Waals surface area contributed by atoms with Crippen LogP contribution in [-0.2, 0) is 6.18 Å². The Morgan fingerprint density at radius 3 is 2.48 bits per heavy atom. The molecule has 0 aliphatic heterocycles. The zero-order chi connectivity index (χ0) is 20.4. The SMILES string of the molecule is N#CC(=Cc1ccccc1C(F)(F)F)c1nc(-c2cccc3ccccc23)cs1. The molecular weight excluding hydrogens is 393 g/mol. The molecule has 6 heteroatoms. The van der Waals surface area contributed by atoms with Gasteiger partial charge in [-0.25, -0.2) is 4.98 Å². The second kappa shape index (κ2) is 7.53. The predicted octanol–water partition coefficient (Wildman–Crippen LogP) is 7.05. The molecule has 0 atom stereocenters. The van der Waals surface area contributed by atoms with E-state index >= 15 is 0 Å². The minimum absolute atomic E-state index is 0.0570. The highest BCUT2D eigenvalue weighted by atomic mass is 32.1. The molecule has 0 spiro atoms. The van der Waals surface area contributed by atoms with E-state index in [9.17, 15) is 18.4 Å². The summed E-state index contributed by atoms with van der Waals surface area (Å²) in [7, 11) is 0. The third-order valence-corrected chi connectivity index (χ3v) is 5.36. The summed E-state index contributed by atoms with van der Waals surface area (Å²) < 4.78 is 39.8. The number of hydrogen-bond acceptors (Lipinski definition) is 3. The summed E-state index contributed by atoms with van der Waals surface area (Å²) in [5.41, 5.74) is 0.862. The molecule has 0 saturated carbocycles. The van der Waals surface area contributed by atoms with E-state index in [4.69, 9.17) is 0 Å². The topological polar surface area (TPSA) is 36.7 Å². The number of benzene rings is 3. The summed E-state index contributed by atoms with van der Waals surface area (Å²) in [6.07, 6.45) is -3.25. The molecule has 0 bridgehead atoms. The first-order valence-electron chi connectivity index (χ1n) is 8.69. The molecule has 0 N–H and O–H groups in total. The summed E-state index contributed by atoms with van der Waals surface area (Å²) in [5, 5.41) is 13.8. The minimum atomic E-state index is -4.50. The first kappa shape index (κ1) is 18.9. The number of nitriles is 1. The fourth-order valence-electron chi connectivity index (χ4n) is 3.15. The molecule has 142 valence electrons. The summed E-state index contributed by atoms with van der Waals surface area (Å²) in [6, 6.07) is 20.9. The molecule has 0 aliphatic rings. The van der Waals surface area contributed by atoms with Crippen LogP contribution in [0.2, 0.25) is 0 Å². The smallest absolute Gasteiger partial charge is 0.235 e. The van der Waals surface area contributed by atoms with E-state index in [0.29, 0.717) is 10.7 Å². The average Bonchev–Trinajstić information content (AvgIpc) is 3.21. The van der Waals surface area contributed by atoms with Crippen molar-refractivity contribution in [3.05, 3.63) is 88.2 Å². The Kier molecular flexibility index (Phi) is 4.91. The van der Waals surface area contributed by atoms with E-state index in [-0.39, 0.29) is 11.1 Å². The molecule has 0 unspecified atom stereocenters. The van der Waals surface area contributed by atoms with Gasteiger partial charge in [0.2, 0.25) is 0 Å². The maximum Gasteiger partial charge on any atom is 0.416 e. The van der Waals surface area contributed by atoms with Gasteiger partial charge in [0, 0.05) is 10.9 Å². The van der Waals surface area contributed by atoms with Crippen molar-refractivity contribution in [3.8, 4) is 17.3 Å². The molecule has 4 aromatic rings. The van der Waals surface area contributed by atoms with Crippen molar-refractivity contribution >= 4 is 33.8 Å². The molecule has 0 radical (unpaired) electrons. The maximum atomic E-state index is 13.3. The quantitative estimate of drug-likeness (QED) is 0.342. The van der Waals surface area contributed by atoms with Gasteiger partial charge in [-0.3, -0.25) is 0 Å². The number of rotatable bonds is 3. The Morgan fingerprint density at radius 1 is 0.966 bits per heavy atom. The number of halogens is 3. The third-order valence-electron chi connectivity index (χ3n) is 4.49. The molecule has 3 aromatic carbocycles. The summed E-state index contributed by atoms with van der Waals surface area (Å²) in [6.45, 7) is 0. The van der Waals surface area contributed by atoms with Crippen molar-refractivity contribution in [1.82, 2.24) is 4.98 Å². The molecule has 1 heterocycles. The van der Waals surface area contributed by atoms with Crippen LogP contribution in [0.1, 0.15) is 16.1 Å². The van der Waals surface area contributed by atoms with Gasteiger partial charge >= 0.3 is 6.18 Å². The zero-order valence-corrected chi connectivity index (χ0v) is 15.8.